The van der Waals surface area contributed by atoms with E-state index in [4.69, 9.17) is 19.8 Å². The first-order valence-corrected chi connectivity index (χ1v) is 1.86. The second-order valence-electron chi connectivity index (χ2n) is 1.04. The molecule has 0 aromatic carbocycles. The average Bonchev–Trinajstić information content (AvgIpc) is 1.25. The second kappa shape index (κ2) is 16.6. The van der Waals surface area contributed by atoms with Gasteiger partial charge in [-0.3, -0.25) is 9.59 Å². The van der Waals surface area contributed by atoms with Crippen LogP contribution in [0.3, 0.4) is 0 Å². The maximum Gasteiger partial charge on any atom is 1.00 e. The van der Waals surface area contributed by atoms with Crippen molar-refractivity contribution >= 4 is 11.9 Å². The second-order valence-corrected chi connectivity index (χ2v) is 1.04. The molecular weight excluding hydrogens is 215 g/mol. The molecule has 0 aromatic heterocycles. The Labute approximate surface area is 114 Å². The smallest absolute Gasteiger partial charge is 1.00 e. The fourth-order valence-corrected chi connectivity index (χ4v) is 0. The summed E-state index contributed by atoms with van der Waals surface area (Å²) in [5.41, 5.74) is 0. The normalized spacial score (nSPS) is 5.00. The minimum Gasteiger partial charge on any atom is -1.00 e. The Balaban J connectivity index is -0.0000000171. The molecule has 4 nitrogen and oxygen atoms in total. The number of carboxylic acids is 2. The zero-order chi connectivity index (χ0) is 7.15. The third kappa shape index (κ3) is 496. The summed E-state index contributed by atoms with van der Waals surface area (Å²) in [6.07, 6.45) is 0. The van der Waals surface area contributed by atoms with E-state index in [1.165, 1.54) is 0 Å². The van der Waals surface area contributed by atoms with Crippen LogP contribution in [0.1, 0.15) is 15.3 Å². The van der Waals surface area contributed by atoms with Gasteiger partial charge in [-0.25, -0.2) is 0 Å². The first-order valence-electron chi connectivity index (χ1n) is 1.86. The van der Waals surface area contributed by atoms with Gasteiger partial charge >= 0.3 is 51.4 Å². The van der Waals surface area contributed by atoms with Crippen LogP contribution in [-0.4, -0.2) is 22.2 Å². The SMILES string of the molecule is CC(=O)O.CC(=O)O.[Cu].[H-].[K+]. The molecule has 10 heavy (non-hydrogen) atoms. The van der Waals surface area contributed by atoms with E-state index in [0.717, 1.165) is 13.8 Å². The van der Waals surface area contributed by atoms with E-state index >= 15 is 0 Å². The van der Waals surface area contributed by atoms with Crippen LogP contribution in [0.4, 0.5) is 0 Å². The van der Waals surface area contributed by atoms with Gasteiger partial charge < -0.3 is 11.6 Å². The summed E-state index contributed by atoms with van der Waals surface area (Å²) in [5, 5.41) is 14.8. The Kier molecular flexibility index (Phi) is 37.3. The summed E-state index contributed by atoms with van der Waals surface area (Å²) in [5.74, 6) is -1.67. The van der Waals surface area contributed by atoms with Gasteiger partial charge in [0.1, 0.15) is 0 Å². The molecule has 0 aromatic rings. The summed E-state index contributed by atoms with van der Waals surface area (Å²) in [4.78, 5) is 18.0. The molecule has 61 valence electrons. The van der Waals surface area contributed by atoms with Crippen molar-refractivity contribution in [3.8, 4) is 0 Å². The van der Waals surface area contributed by atoms with Gasteiger partial charge in [-0.1, -0.05) is 0 Å². The first-order chi connectivity index (χ1) is 3.46. The molecule has 0 rings (SSSR count). The predicted molar refractivity (Wildman–Crippen MR) is 27.7 cm³/mol. The van der Waals surface area contributed by atoms with E-state index < -0.39 is 11.9 Å². The average molecular weight is 224 g/mol. The van der Waals surface area contributed by atoms with Gasteiger partial charge in [0.15, 0.2) is 0 Å². The van der Waals surface area contributed by atoms with Gasteiger partial charge in [0.25, 0.3) is 11.9 Å². The molecule has 0 aliphatic carbocycles. The first kappa shape index (κ1) is 22.5. The molecular formula is C4H9CuKO4. The Morgan fingerprint density at radius 1 is 1.10 bits per heavy atom. The van der Waals surface area contributed by atoms with Gasteiger partial charge in [-0.05, 0) is 0 Å². The van der Waals surface area contributed by atoms with E-state index in [-0.39, 0.29) is 69.9 Å². The number of rotatable bonds is 0. The number of carboxylic acid groups (broad SMARTS) is 2. The molecule has 2 N–H and O–H groups in total. The van der Waals surface area contributed by atoms with E-state index in [1.54, 1.807) is 0 Å². The van der Waals surface area contributed by atoms with Crippen LogP contribution < -0.4 is 51.4 Å². The van der Waals surface area contributed by atoms with E-state index in [2.05, 4.69) is 0 Å². The van der Waals surface area contributed by atoms with Crippen LogP contribution in [0, 0.1) is 0 Å². The minimum absolute atomic E-state index is 0. The molecule has 0 aliphatic heterocycles. The molecule has 0 fully saturated rings. The van der Waals surface area contributed by atoms with Crippen molar-refractivity contribution in [3.63, 3.8) is 0 Å². The van der Waals surface area contributed by atoms with Crippen LogP contribution in [0.15, 0.2) is 0 Å². The third-order valence-electron chi connectivity index (χ3n) is 0. The quantitative estimate of drug-likeness (QED) is 0.439. The van der Waals surface area contributed by atoms with E-state index in [0.29, 0.717) is 0 Å². The van der Waals surface area contributed by atoms with Crippen LogP contribution >= 0.6 is 0 Å². The maximum absolute atomic E-state index is 9.00. The zero-order valence-electron chi connectivity index (χ0n) is 7.01. The number of hydrogen-bond donors (Lipinski definition) is 2. The van der Waals surface area contributed by atoms with E-state index in [1.807, 2.05) is 0 Å². The molecule has 0 saturated carbocycles. The summed E-state index contributed by atoms with van der Waals surface area (Å²) >= 11 is 0. The van der Waals surface area contributed by atoms with Gasteiger partial charge in [0.05, 0.1) is 0 Å². The monoisotopic (exact) mass is 223 g/mol. The summed E-state index contributed by atoms with van der Waals surface area (Å²) in [6.45, 7) is 2.17. The predicted octanol–water partition coefficient (Wildman–Crippen LogP) is -2.70. The molecule has 0 amide bonds. The fraction of sp³-hybridized carbons (Fsp3) is 0.500. The Bertz CT molecular complexity index is 80.1. The van der Waals surface area contributed by atoms with E-state index in [9.17, 15) is 0 Å². The van der Waals surface area contributed by atoms with Crippen LogP contribution in [0.5, 0.6) is 0 Å². The third-order valence-corrected chi connectivity index (χ3v) is 0. The number of hydrogen-bond acceptors (Lipinski definition) is 2. The largest absolute Gasteiger partial charge is 1.00 e. The number of carbonyl (C=O) groups is 2. The molecule has 0 bridgehead atoms. The Hall–Kier alpha value is 1.10. The zero-order valence-corrected chi connectivity index (χ0v) is 10.1. The molecule has 0 spiro atoms. The van der Waals surface area contributed by atoms with Crippen LogP contribution in [-0.2, 0) is 26.7 Å². The van der Waals surface area contributed by atoms with Crippen molar-refractivity contribution in [1.29, 1.82) is 0 Å². The van der Waals surface area contributed by atoms with Crippen molar-refractivity contribution in [1.82, 2.24) is 0 Å². The van der Waals surface area contributed by atoms with Crippen molar-refractivity contribution < 1.29 is 89.7 Å². The Morgan fingerprint density at radius 2 is 1.10 bits per heavy atom. The van der Waals surface area contributed by atoms with Gasteiger partial charge in [0.2, 0.25) is 0 Å². The molecule has 0 unspecified atom stereocenters. The van der Waals surface area contributed by atoms with Crippen molar-refractivity contribution in [2.45, 2.75) is 13.8 Å². The van der Waals surface area contributed by atoms with Crippen LogP contribution in [0.2, 0.25) is 0 Å². The number of aliphatic carboxylic acids is 2. The van der Waals surface area contributed by atoms with Gasteiger partial charge in [-0.2, -0.15) is 0 Å². The standard InChI is InChI=1S/2C2H4O2.Cu.K.H/c2*1-2(3)4;;;/h2*1H3,(H,3,4);;;/q;;;+1;-1. The molecule has 0 atom stereocenters. The van der Waals surface area contributed by atoms with Gasteiger partial charge in [0, 0.05) is 30.9 Å². The molecule has 0 saturated heterocycles. The molecule has 0 heterocycles. The summed E-state index contributed by atoms with van der Waals surface area (Å²) in [7, 11) is 0. The fourth-order valence-electron chi connectivity index (χ4n) is 0. The summed E-state index contributed by atoms with van der Waals surface area (Å²) in [6, 6.07) is 0. The van der Waals surface area contributed by atoms with Crippen molar-refractivity contribution in [2.24, 2.45) is 0 Å². The van der Waals surface area contributed by atoms with Crippen molar-refractivity contribution in [3.05, 3.63) is 0 Å². The maximum atomic E-state index is 9.00. The molecule has 1 radical (unpaired) electrons. The topological polar surface area (TPSA) is 74.6 Å². The summed E-state index contributed by atoms with van der Waals surface area (Å²) < 4.78 is 0. The van der Waals surface area contributed by atoms with Gasteiger partial charge in [-0.15, -0.1) is 0 Å². The van der Waals surface area contributed by atoms with Crippen molar-refractivity contribution in [2.75, 3.05) is 0 Å². The Morgan fingerprint density at radius 3 is 1.10 bits per heavy atom. The van der Waals surface area contributed by atoms with Crippen LogP contribution in [0.25, 0.3) is 0 Å². The minimum atomic E-state index is -0.833. The molecule has 0 aliphatic rings. The molecule has 6 heteroatoms.